The molecule has 29 heavy (non-hydrogen) atoms. The number of nitrogens with one attached hydrogen (secondary N) is 1. The van der Waals surface area contributed by atoms with Gasteiger partial charge < -0.3 is 4.98 Å². The van der Waals surface area contributed by atoms with E-state index in [2.05, 4.69) is 42.2 Å². The van der Waals surface area contributed by atoms with E-state index in [0.717, 1.165) is 31.3 Å². The maximum absolute atomic E-state index is 13.2. The van der Waals surface area contributed by atoms with E-state index in [1.165, 1.54) is 0 Å². The van der Waals surface area contributed by atoms with Crippen LogP contribution in [0.2, 0.25) is 0 Å². The summed E-state index contributed by atoms with van der Waals surface area (Å²) in [5.74, 6) is 0.556. The number of hydrogen-bond acceptors (Lipinski definition) is 4. The highest BCUT2D eigenvalue weighted by Crippen LogP contribution is 2.39. The van der Waals surface area contributed by atoms with Crippen molar-refractivity contribution in [3.8, 4) is 10.4 Å². The molecule has 3 heterocycles. The molecule has 0 aliphatic heterocycles. The number of benzene rings is 2. The van der Waals surface area contributed by atoms with Gasteiger partial charge in [-0.25, -0.2) is 4.98 Å². The molecule has 3 aromatic heterocycles. The normalized spacial score (nSPS) is 11.4. The van der Waals surface area contributed by atoms with Crippen LogP contribution in [0.15, 0.2) is 83.0 Å². The predicted molar refractivity (Wildman–Crippen MR) is 122 cm³/mol. The molecule has 0 amide bonds. The predicted octanol–water partition coefficient (Wildman–Crippen LogP) is 6.20. The Morgan fingerprint density at radius 1 is 0.897 bits per heavy atom. The molecular formula is C24H18N2OS2. The highest BCUT2D eigenvalue weighted by Gasteiger charge is 2.23. The minimum absolute atomic E-state index is 0.0744. The summed E-state index contributed by atoms with van der Waals surface area (Å²) in [6.45, 7) is 2.06. The van der Waals surface area contributed by atoms with Crippen molar-refractivity contribution in [1.29, 1.82) is 0 Å². The van der Waals surface area contributed by atoms with Crippen molar-refractivity contribution in [1.82, 2.24) is 9.97 Å². The van der Waals surface area contributed by atoms with Gasteiger partial charge in [0.1, 0.15) is 10.7 Å². The summed E-state index contributed by atoms with van der Waals surface area (Å²) in [5, 5.41) is 2.73. The Labute approximate surface area is 176 Å². The van der Waals surface area contributed by atoms with Gasteiger partial charge in [0.25, 0.3) is 5.56 Å². The highest BCUT2D eigenvalue weighted by molar-refractivity contribution is 7.20. The number of aryl methyl sites for hydroxylation is 1. The third-order valence-corrected chi connectivity index (χ3v) is 6.95. The second-order valence-corrected chi connectivity index (χ2v) is 9.05. The fourth-order valence-electron chi connectivity index (χ4n) is 3.79. The average molecular weight is 415 g/mol. The zero-order valence-corrected chi connectivity index (χ0v) is 17.4. The van der Waals surface area contributed by atoms with Gasteiger partial charge in [-0.1, -0.05) is 66.7 Å². The SMILES string of the molecule is Cc1sc2nc(C(c3ccccc3)c3ccccc3)[nH]c(=O)c2c1-c1cccs1. The van der Waals surface area contributed by atoms with Crippen LogP contribution >= 0.6 is 22.7 Å². The maximum atomic E-state index is 13.2. The number of hydrogen-bond donors (Lipinski definition) is 1. The lowest BCUT2D eigenvalue weighted by Gasteiger charge is -2.17. The van der Waals surface area contributed by atoms with Gasteiger partial charge in [0, 0.05) is 15.3 Å². The first-order valence-corrected chi connectivity index (χ1v) is 11.1. The minimum atomic E-state index is -0.123. The molecule has 0 bridgehead atoms. The van der Waals surface area contributed by atoms with Crippen LogP contribution in [-0.4, -0.2) is 9.97 Å². The molecule has 0 saturated carbocycles. The minimum Gasteiger partial charge on any atom is -0.309 e. The molecule has 0 unspecified atom stereocenters. The van der Waals surface area contributed by atoms with E-state index in [1.54, 1.807) is 22.7 Å². The monoisotopic (exact) mass is 414 g/mol. The summed E-state index contributed by atoms with van der Waals surface area (Å²) in [7, 11) is 0. The number of nitrogens with zero attached hydrogens (tertiary/aromatic N) is 1. The molecule has 2 aromatic carbocycles. The molecule has 5 rings (SSSR count). The molecule has 0 radical (unpaired) electrons. The topological polar surface area (TPSA) is 45.8 Å². The second-order valence-electron chi connectivity index (χ2n) is 6.90. The van der Waals surface area contributed by atoms with E-state index >= 15 is 0 Å². The summed E-state index contributed by atoms with van der Waals surface area (Å²) in [6.07, 6.45) is 0. The van der Waals surface area contributed by atoms with Crippen molar-refractivity contribution in [2.45, 2.75) is 12.8 Å². The molecule has 142 valence electrons. The lowest BCUT2D eigenvalue weighted by atomic mass is 9.90. The Bertz CT molecular complexity index is 1280. The van der Waals surface area contributed by atoms with Crippen LogP contribution in [0, 0.1) is 6.92 Å². The Morgan fingerprint density at radius 2 is 1.55 bits per heavy atom. The van der Waals surface area contributed by atoms with E-state index < -0.39 is 0 Å². The number of aromatic nitrogens is 2. The molecule has 0 atom stereocenters. The molecule has 0 aliphatic carbocycles. The Kier molecular flexibility index (Phi) is 4.62. The lowest BCUT2D eigenvalue weighted by molar-refractivity contribution is 0.860. The van der Waals surface area contributed by atoms with E-state index in [9.17, 15) is 4.79 Å². The molecule has 3 nitrogen and oxygen atoms in total. The number of thiophene rings is 2. The Balaban J connectivity index is 1.74. The van der Waals surface area contributed by atoms with Crippen molar-refractivity contribution in [3.63, 3.8) is 0 Å². The third kappa shape index (κ3) is 3.22. The van der Waals surface area contributed by atoms with Gasteiger partial charge >= 0.3 is 0 Å². The quantitative estimate of drug-likeness (QED) is 0.380. The smallest absolute Gasteiger partial charge is 0.260 e. The van der Waals surface area contributed by atoms with Crippen LogP contribution in [0.3, 0.4) is 0 Å². The van der Waals surface area contributed by atoms with Crippen LogP contribution in [0.25, 0.3) is 20.7 Å². The molecule has 5 heteroatoms. The second kappa shape index (κ2) is 7.43. The summed E-state index contributed by atoms with van der Waals surface area (Å²) < 4.78 is 0. The van der Waals surface area contributed by atoms with E-state index in [4.69, 9.17) is 4.98 Å². The largest absolute Gasteiger partial charge is 0.309 e. The first-order chi connectivity index (χ1) is 14.2. The van der Waals surface area contributed by atoms with E-state index in [-0.39, 0.29) is 11.5 Å². The van der Waals surface area contributed by atoms with Crippen LogP contribution in [0.1, 0.15) is 27.7 Å². The number of aromatic amines is 1. The highest BCUT2D eigenvalue weighted by atomic mass is 32.1. The van der Waals surface area contributed by atoms with E-state index in [0.29, 0.717) is 11.2 Å². The molecule has 5 aromatic rings. The first-order valence-electron chi connectivity index (χ1n) is 9.39. The number of H-pyrrole nitrogens is 1. The van der Waals surface area contributed by atoms with Gasteiger partial charge in [0.05, 0.1) is 11.3 Å². The van der Waals surface area contributed by atoms with E-state index in [1.807, 2.05) is 47.8 Å². The number of fused-ring (bicyclic) bond motifs is 1. The fourth-order valence-corrected chi connectivity index (χ4v) is 5.73. The third-order valence-electron chi connectivity index (χ3n) is 5.06. The molecule has 0 spiro atoms. The van der Waals surface area contributed by atoms with Crippen molar-refractivity contribution in [2.75, 3.05) is 0 Å². The van der Waals surface area contributed by atoms with Gasteiger partial charge in [0.2, 0.25) is 0 Å². The summed E-state index contributed by atoms with van der Waals surface area (Å²) in [5.41, 5.74) is 3.15. The zero-order chi connectivity index (χ0) is 19.8. The molecular weight excluding hydrogens is 396 g/mol. The van der Waals surface area contributed by atoms with Crippen molar-refractivity contribution in [3.05, 3.63) is 110 Å². The standard InChI is InChI=1S/C24H18N2OS2/c1-15-19(18-13-8-14-28-18)21-23(27)25-22(26-24(21)29-15)20(16-9-4-2-5-10-16)17-11-6-3-7-12-17/h2-14,20H,1H3,(H,25,26,27). The van der Waals surface area contributed by atoms with Crippen LogP contribution < -0.4 is 5.56 Å². The van der Waals surface area contributed by atoms with Crippen LogP contribution in [0.4, 0.5) is 0 Å². The van der Waals surface area contributed by atoms with Gasteiger partial charge in [-0.3, -0.25) is 4.79 Å². The van der Waals surface area contributed by atoms with Gasteiger partial charge in [-0.15, -0.1) is 22.7 Å². The summed E-state index contributed by atoms with van der Waals surface area (Å²) in [6, 6.07) is 24.5. The van der Waals surface area contributed by atoms with Gasteiger partial charge in [-0.2, -0.15) is 0 Å². The molecule has 1 N–H and O–H groups in total. The van der Waals surface area contributed by atoms with Crippen LogP contribution in [0.5, 0.6) is 0 Å². The van der Waals surface area contributed by atoms with Crippen molar-refractivity contribution in [2.24, 2.45) is 0 Å². The lowest BCUT2D eigenvalue weighted by Crippen LogP contribution is -2.16. The summed E-state index contributed by atoms with van der Waals surface area (Å²) in [4.78, 5) is 24.3. The van der Waals surface area contributed by atoms with Crippen LogP contribution in [-0.2, 0) is 0 Å². The average Bonchev–Trinajstić information content (AvgIpc) is 3.37. The van der Waals surface area contributed by atoms with Gasteiger partial charge in [-0.05, 0) is 29.5 Å². The zero-order valence-electron chi connectivity index (χ0n) is 15.8. The first kappa shape index (κ1) is 18.0. The Hall–Kier alpha value is -3.02. The fraction of sp³-hybridized carbons (Fsp3) is 0.0833. The Morgan fingerprint density at radius 3 is 2.14 bits per heavy atom. The summed E-state index contributed by atoms with van der Waals surface area (Å²) >= 11 is 3.24. The molecule has 0 fully saturated rings. The van der Waals surface area contributed by atoms with Crippen molar-refractivity contribution < 1.29 is 0 Å². The van der Waals surface area contributed by atoms with Crippen molar-refractivity contribution >= 4 is 32.9 Å². The molecule has 0 aliphatic rings. The number of rotatable bonds is 4. The maximum Gasteiger partial charge on any atom is 0.260 e. The van der Waals surface area contributed by atoms with Gasteiger partial charge in [0.15, 0.2) is 0 Å². The molecule has 0 saturated heterocycles.